The second-order valence-electron chi connectivity index (χ2n) is 6.09. The lowest BCUT2D eigenvalue weighted by Gasteiger charge is -2.09. The highest BCUT2D eigenvalue weighted by Crippen LogP contribution is 2.29. The molecule has 4 aromatic rings. The molecule has 0 fully saturated rings. The summed E-state index contributed by atoms with van der Waals surface area (Å²) in [5.41, 5.74) is 0.656. The molecular weight excluding hydrogens is 394 g/mol. The Hall–Kier alpha value is -3.58. The molecule has 0 saturated carbocycles. The van der Waals surface area contributed by atoms with Crippen LogP contribution < -0.4 is 10.1 Å². The number of ether oxygens (including phenoxy) is 1. The Morgan fingerprint density at radius 3 is 2.66 bits per heavy atom. The molecule has 29 heavy (non-hydrogen) atoms. The number of benzene rings is 2. The van der Waals surface area contributed by atoms with Gasteiger partial charge in [-0.15, -0.1) is 0 Å². The molecule has 146 valence electrons. The maximum absolute atomic E-state index is 12.2. The Kier molecular flexibility index (Phi) is 5.58. The first-order valence-electron chi connectivity index (χ1n) is 8.86. The second kappa shape index (κ2) is 8.62. The number of amides is 1. The number of furan rings is 1. The highest BCUT2D eigenvalue weighted by Gasteiger charge is 2.12. The topological polar surface area (TPSA) is 90.4 Å². The number of nitrogens with one attached hydrogen (secondary N) is 1. The van der Waals surface area contributed by atoms with Crippen LogP contribution >= 0.6 is 11.6 Å². The monoisotopic (exact) mass is 409 g/mol. The van der Waals surface area contributed by atoms with Gasteiger partial charge in [0.1, 0.15) is 11.5 Å². The van der Waals surface area contributed by atoms with Crippen LogP contribution in [0.15, 0.2) is 75.9 Å². The number of anilines is 1. The molecule has 0 atom stereocenters. The number of halogens is 1. The van der Waals surface area contributed by atoms with Gasteiger partial charge in [-0.05, 0) is 48.5 Å². The normalized spacial score (nSPS) is 10.7. The van der Waals surface area contributed by atoms with Gasteiger partial charge in [0.15, 0.2) is 5.76 Å². The van der Waals surface area contributed by atoms with Crippen LogP contribution in [0.3, 0.4) is 0 Å². The number of carbonyl (C=O) groups is 1. The molecule has 7 nitrogen and oxygen atoms in total. The van der Waals surface area contributed by atoms with Crippen molar-refractivity contribution in [3.63, 3.8) is 0 Å². The van der Waals surface area contributed by atoms with E-state index in [0.717, 1.165) is 0 Å². The number of rotatable bonds is 7. The van der Waals surface area contributed by atoms with Gasteiger partial charge in [-0.2, -0.15) is 4.98 Å². The van der Waals surface area contributed by atoms with Crippen LogP contribution in [-0.2, 0) is 11.2 Å². The average molecular weight is 410 g/mol. The first-order chi connectivity index (χ1) is 14.2. The van der Waals surface area contributed by atoms with Crippen molar-refractivity contribution in [3.8, 4) is 23.1 Å². The van der Waals surface area contributed by atoms with Crippen molar-refractivity contribution >= 4 is 23.2 Å². The van der Waals surface area contributed by atoms with Crippen molar-refractivity contribution < 1.29 is 18.5 Å². The van der Waals surface area contributed by atoms with Crippen molar-refractivity contribution in [1.29, 1.82) is 0 Å². The summed E-state index contributed by atoms with van der Waals surface area (Å²) in [4.78, 5) is 16.4. The Morgan fingerprint density at radius 2 is 1.90 bits per heavy atom. The quantitative estimate of drug-likeness (QED) is 0.442. The molecule has 0 aliphatic rings. The fraction of sp³-hybridized carbons (Fsp3) is 0.0952. The zero-order chi connectivity index (χ0) is 20.1. The zero-order valence-electron chi connectivity index (χ0n) is 15.2. The zero-order valence-corrected chi connectivity index (χ0v) is 15.9. The summed E-state index contributed by atoms with van der Waals surface area (Å²) >= 11 is 6.09. The molecule has 0 unspecified atom stereocenters. The summed E-state index contributed by atoms with van der Waals surface area (Å²) in [6.07, 6.45) is 2.06. The van der Waals surface area contributed by atoms with Crippen molar-refractivity contribution in [3.05, 3.63) is 77.8 Å². The van der Waals surface area contributed by atoms with E-state index in [1.54, 1.807) is 48.5 Å². The fourth-order valence-corrected chi connectivity index (χ4v) is 2.74. The lowest BCUT2D eigenvalue weighted by Crippen LogP contribution is -2.12. The third-order valence-electron chi connectivity index (χ3n) is 3.98. The SMILES string of the molecule is O=C(CCc1nc(-c2ccco2)no1)Nc1ccc(Oc2ccccc2Cl)cc1. The van der Waals surface area contributed by atoms with E-state index in [4.69, 9.17) is 25.3 Å². The van der Waals surface area contributed by atoms with E-state index in [2.05, 4.69) is 15.5 Å². The van der Waals surface area contributed by atoms with E-state index in [9.17, 15) is 4.79 Å². The highest BCUT2D eigenvalue weighted by atomic mass is 35.5. The van der Waals surface area contributed by atoms with Gasteiger partial charge < -0.3 is 19.0 Å². The molecule has 2 heterocycles. The van der Waals surface area contributed by atoms with Crippen LogP contribution in [0, 0.1) is 0 Å². The van der Waals surface area contributed by atoms with Gasteiger partial charge in [0.05, 0.1) is 11.3 Å². The minimum absolute atomic E-state index is 0.164. The number of aryl methyl sites for hydroxylation is 1. The molecule has 8 heteroatoms. The summed E-state index contributed by atoms with van der Waals surface area (Å²) in [6, 6.07) is 17.7. The molecular formula is C21H16ClN3O4. The van der Waals surface area contributed by atoms with Gasteiger partial charge in [-0.25, -0.2) is 0 Å². The molecule has 0 saturated heterocycles. The smallest absolute Gasteiger partial charge is 0.238 e. The van der Waals surface area contributed by atoms with Gasteiger partial charge in [0.2, 0.25) is 17.6 Å². The maximum Gasteiger partial charge on any atom is 0.238 e. The Morgan fingerprint density at radius 1 is 1.07 bits per heavy atom. The molecule has 2 aromatic heterocycles. The van der Waals surface area contributed by atoms with E-state index in [1.807, 2.05) is 12.1 Å². The predicted molar refractivity (Wildman–Crippen MR) is 107 cm³/mol. The van der Waals surface area contributed by atoms with E-state index >= 15 is 0 Å². The fourth-order valence-electron chi connectivity index (χ4n) is 2.57. The van der Waals surface area contributed by atoms with Crippen LogP contribution in [0.4, 0.5) is 5.69 Å². The van der Waals surface area contributed by atoms with Gasteiger partial charge in [-0.3, -0.25) is 4.79 Å². The standard InChI is InChI=1S/C21H16ClN3O4/c22-16-4-1-2-5-17(16)28-15-9-7-14(8-10-15)23-19(26)11-12-20-24-21(25-29-20)18-6-3-13-27-18/h1-10,13H,11-12H2,(H,23,26). The number of hydrogen-bond donors (Lipinski definition) is 1. The molecule has 1 N–H and O–H groups in total. The van der Waals surface area contributed by atoms with Gasteiger partial charge >= 0.3 is 0 Å². The number of hydrogen-bond acceptors (Lipinski definition) is 6. The van der Waals surface area contributed by atoms with Crippen LogP contribution in [0.25, 0.3) is 11.6 Å². The van der Waals surface area contributed by atoms with Gasteiger partial charge in [0.25, 0.3) is 0 Å². The average Bonchev–Trinajstić information content (AvgIpc) is 3.41. The van der Waals surface area contributed by atoms with Crippen LogP contribution in [0.5, 0.6) is 11.5 Å². The van der Waals surface area contributed by atoms with E-state index in [1.165, 1.54) is 6.26 Å². The lowest BCUT2D eigenvalue weighted by atomic mass is 10.2. The number of aromatic nitrogens is 2. The van der Waals surface area contributed by atoms with Crippen LogP contribution in [0.1, 0.15) is 12.3 Å². The summed E-state index contributed by atoms with van der Waals surface area (Å²) < 4.78 is 16.1. The maximum atomic E-state index is 12.2. The minimum Gasteiger partial charge on any atom is -0.461 e. The first-order valence-corrected chi connectivity index (χ1v) is 9.24. The molecule has 0 aliphatic heterocycles. The summed E-state index contributed by atoms with van der Waals surface area (Å²) in [7, 11) is 0. The Labute approximate surface area is 171 Å². The van der Waals surface area contributed by atoms with E-state index in [-0.39, 0.29) is 12.3 Å². The third-order valence-corrected chi connectivity index (χ3v) is 4.29. The second-order valence-corrected chi connectivity index (χ2v) is 6.50. The number of carbonyl (C=O) groups excluding carboxylic acids is 1. The Bertz CT molecular complexity index is 1090. The predicted octanol–water partition coefficient (Wildman–Crippen LogP) is 5.35. The summed E-state index contributed by atoms with van der Waals surface area (Å²) in [6.45, 7) is 0. The van der Waals surface area contributed by atoms with Gasteiger partial charge in [-0.1, -0.05) is 28.9 Å². The molecule has 4 rings (SSSR count). The third kappa shape index (κ3) is 4.83. The summed E-state index contributed by atoms with van der Waals surface area (Å²) in [5.74, 6) is 2.27. The highest BCUT2D eigenvalue weighted by molar-refractivity contribution is 6.32. The molecule has 0 aliphatic carbocycles. The van der Waals surface area contributed by atoms with Crippen LogP contribution in [-0.4, -0.2) is 16.0 Å². The lowest BCUT2D eigenvalue weighted by molar-refractivity contribution is -0.116. The van der Waals surface area contributed by atoms with Crippen LogP contribution in [0.2, 0.25) is 5.02 Å². The molecule has 2 aromatic carbocycles. The van der Waals surface area contributed by atoms with Crippen molar-refractivity contribution in [1.82, 2.24) is 10.1 Å². The van der Waals surface area contributed by atoms with Crippen molar-refractivity contribution in [2.45, 2.75) is 12.8 Å². The number of nitrogens with zero attached hydrogens (tertiary/aromatic N) is 2. The number of para-hydroxylation sites is 1. The largest absolute Gasteiger partial charge is 0.461 e. The minimum atomic E-state index is -0.164. The Balaban J connectivity index is 1.29. The molecule has 0 radical (unpaired) electrons. The van der Waals surface area contributed by atoms with Crippen molar-refractivity contribution in [2.24, 2.45) is 0 Å². The van der Waals surface area contributed by atoms with E-state index in [0.29, 0.717) is 46.1 Å². The first kappa shape index (κ1) is 18.8. The van der Waals surface area contributed by atoms with Crippen molar-refractivity contribution in [2.75, 3.05) is 5.32 Å². The van der Waals surface area contributed by atoms with Gasteiger partial charge in [0, 0.05) is 18.5 Å². The summed E-state index contributed by atoms with van der Waals surface area (Å²) in [5, 5.41) is 7.18. The molecule has 0 spiro atoms. The molecule has 0 bridgehead atoms. The van der Waals surface area contributed by atoms with E-state index < -0.39 is 0 Å². The molecule has 1 amide bonds.